The summed E-state index contributed by atoms with van der Waals surface area (Å²) in [7, 11) is -1.89. The zero-order valence-corrected chi connectivity index (χ0v) is 19.2. The Morgan fingerprint density at radius 1 is 1.16 bits per heavy atom. The fourth-order valence-corrected chi connectivity index (χ4v) is 6.12. The lowest BCUT2D eigenvalue weighted by Gasteiger charge is -2.32. The molecule has 0 N–H and O–H groups in total. The smallest absolute Gasteiger partial charge is 0.243 e. The molecule has 31 heavy (non-hydrogen) atoms. The predicted octanol–water partition coefficient (Wildman–Crippen LogP) is 3.01. The molecule has 7 nitrogen and oxygen atoms in total. The highest BCUT2D eigenvalue weighted by atomic mass is 32.2. The van der Waals surface area contributed by atoms with Gasteiger partial charge in [0.15, 0.2) is 0 Å². The van der Waals surface area contributed by atoms with Gasteiger partial charge in [-0.3, -0.25) is 0 Å². The molecule has 8 heteroatoms. The predicted molar refractivity (Wildman–Crippen MR) is 118 cm³/mol. The minimum atomic E-state index is -3.53. The van der Waals surface area contributed by atoms with E-state index in [0.717, 1.165) is 43.4 Å². The maximum absolute atomic E-state index is 13.4. The Labute approximate surface area is 184 Å². The summed E-state index contributed by atoms with van der Waals surface area (Å²) in [4.78, 5) is 9.43. The van der Waals surface area contributed by atoms with Crippen LogP contribution in [-0.2, 0) is 38.9 Å². The lowest BCUT2D eigenvalue weighted by atomic mass is 9.93. The average Bonchev–Trinajstić information content (AvgIpc) is 3.25. The van der Waals surface area contributed by atoms with Gasteiger partial charge in [-0.15, -0.1) is 0 Å². The van der Waals surface area contributed by atoms with Crippen molar-refractivity contribution in [2.24, 2.45) is 0 Å². The molecule has 1 atom stereocenters. The first-order valence-corrected chi connectivity index (χ1v) is 12.4. The van der Waals surface area contributed by atoms with Crippen LogP contribution in [0, 0.1) is 6.92 Å². The highest BCUT2D eigenvalue weighted by Crippen LogP contribution is 2.32. The molecule has 2 aromatic rings. The lowest BCUT2D eigenvalue weighted by Crippen LogP contribution is -2.39. The van der Waals surface area contributed by atoms with Crippen molar-refractivity contribution in [2.45, 2.75) is 56.4 Å². The Bertz CT molecular complexity index is 1030. The number of nitrogens with zero attached hydrogens (tertiary/aromatic N) is 3. The van der Waals surface area contributed by atoms with E-state index in [9.17, 15) is 8.42 Å². The van der Waals surface area contributed by atoms with Crippen LogP contribution in [0.15, 0.2) is 29.3 Å². The van der Waals surface area contributed by atoms with Crippen LogP contribution < -0.4 is 0 Å². The maximum Gasteiger partial charge on any atom is 0.243 e. The summed E-state index contributed by atoms with van der Waals surface area (Å²) in [6, 6.07) is 5.64. The summed E-state index contributed by atoms with van der Waals surface area (Å²) in [5.74, 6) is 0.718. The molecule has 0 radical (unpaired) electrons. The van der Waals surface area contributed by atoms with E-state index >= 15 is 0 Å². The van der Waals surface area contributed by atoms with Gasteiger partial charge in [0, 0.05) is 37.9 Å². The number of methoxy groups -OCH3 is 1. The van der Waals surface area contributed by atoms with Crippen LogP contribution in [0.25, 0.3) is 0 Å². The van der Waals surface area contributed by atoms with Crippen LogP contribution in [0.4, 0.5) is 0 Å². The summed E-state index contributed by atoms with van der Waals surface area (Å²) < 4.78 is 39.2. The monoisotopic (exact) mass is 445 g/mol. The Morgan fingerprint density at radius 2 is 2.00 bits per heavy atom. The normalized spacial score (nSPS) is 19.5. The van der Waals surface area contributed by atoms with Gasteiger partial charge in [-0.05, 0) is 62.3 Å². The Kier molecular flexibility index (Phi) is 7.01. The molecule has 4 rings (SSSR count). The summed E-state index contributed by atoms with van der Waals surface area (Å²) >= 11 is 0. The first-order chi connectivity index (χ1) is 15.0. The minimum Gasteiger partial charge on any atom is -0.382 e. The van der Waals surface area contributed by atoms with Crippen LogP contribution in [0.1, 0.15) is 53.4 Å². The second-order valence-electron chi connectivity index (χ2n) is 8.36. The number of piperidine rings is 1. The molecule has 168 valence electrons. The first kappa shape index (κ1) is 22.3. The van der Waals surface area contributed by atoms with Gasteiger partial charge in [0.05, 0.1) is 30.4 Å². The van der Waals surface area contributed by atoms with Gasteiger partial charge in [0.25, 0.3) is 0 Å². The van der Waals surface area contributed by atoms with E-state index in [0.29, 0.717) is 43.6 Å². The van der Waals surface area contributed by atoms with Gasteiger partial charge in [0.1, 0.15) is 5.82 Å². The van der Waals surface area contributed by atoms with Crippen molar-refractivity contribution in [3.05, 3.63) is 52.6 Å². The Morgan fingerprint density at radius 3 is 2.84 bits per heavy atom. The van der Waals surface area contributed by atoms with E-state index in [2.05, 4.69) is 9.97 Å². The standard InChI is InChI=1S/C23H31N3O4S/c1-17-24-14-21(16-30-12-11-29-2)23(25-17)20-7-4-10-26(15-20)31(27,28)22-9-8-18-5-3-6-19(18)13-22/h8-9,13-14,20H,3-7,10-12,15-16H2,1-2H3. The van der Waals surface area contributed by atoms with Crippen molar-refractivity contribution >= 4 is 10.0 Å². The lowest BCUT2D eigenvalue weighted by molar-refractivity contribution is 0.0608. The quantitative estimate of drug-likeness (QED) is 0.581. The molecular formula is C23H31N3O4S. The Hall–Kier alpha value is -1.87. The molecule has 1 aromatic heterocycles. The highest BCUT2D eigenvalue weighted by Gasteiger charge is 2.33. The molecular weight excluding hydrogens is 414 g/mol. The van der Waals surface area contributed by atoms with Gasteiger partial charge in [-0.2, -0.15) is 4.31 Å². The molecule has 1 aliphatic heterocycles. The third-order valence-corrected chi connectivity index (χ3v) is 8.05. The molecule has 1 fully saturated rings. The zero-order valence-electron chi connectivity index (χ0n) is 18.3. The summed E-state index contributed by atoms with van der Waals surface area (Å²) in [5, 5.41) is 0. The zero-order chi connectivity index (χ0) is 21.8. The third-order valence-electron chi connectivity index (χ3n) is 6.19. The van der Waals surface area contributed by atoms with Crippen molar-refractivity contribution < 1.29 is 17.9 Å². The van der Waals surface area contributed by atoms with Crippen molar-refractivity contribution in [1.29, 1.82) is 0 Å². The third kappa shape index (κ3) is 4.98. The molecule has 1 unspecified atom stereocenters. The molecule has 2 heterocycles. The van der Waals surface area contributed by atoms with E-state index in [1.807, 2.05) is 19.1 Å². The number of benzene rings is 1. The SMILES string of the molecule is COCCOCc1cnc(C)nc1C1CCCN(S(=O)(=O)c2ccc3c(c2)CCC3)C1. The van der Waals surface area contributed by atoms with Crippen LogP contribution >= 0.6 is 0 Å². The van der Waals surface area contributed by atoms with E-state index < -0.39 is 10.0 Å². The molecule has 0 amide bonds. The van der Waals surface area contributed by atoms with Crippen molar-refractivity contribution in [1.82, 2.24) is 14.3 Å². The molecule has 1 saturated heterocycles. The van der Waals surface area contributed by atoms with E-state index in [-0.39, 0.29) is 5.92 Å². The van der Waals surface area contributed by atoms with Crippen LogP contribution in [0.2, 0.25) is 0 Å². The number of aryl methyl sites for hydroxylation is 3. The molecule has 1 aromatic carbocycles. The number of aromatic nitrogens is 2. The number of rotatable bonds is 8. The van der Waals surface area contributed by atoms with E-state index in [4.69, 9.17) is 9.47 Å². The molecule has 0 bridgehead atoms. The van der Waals surface area contributed by atoms with Gasteiger partial charge < -0.3 is 9.47 Å². The summed E-state index contributed by atoms with van der Waals surface area (Å²) in [6.45, 7) is 4.25. The van der Waals surface area contributed by atoms with Gasteiger partial charge in [0.2, 0.25) is 10.0 Å². The second kappa shape index (κ2) is 9.73. The number of hydrogen-bond acceptors (Lipinski definition) is 6. The first-order valence-electron chi connectivity index (χ1n) is 11.0. The Balaban J connectivity index is 1.54. The van der Waals surface area contributed by atoms with Crippen molar-refractivity contribution in [3.63, 3.8) is 0 Å². The maximum atomic E-state index is 13.4. The number of sulfonamides is 1. The molecule has 0 saturated carbocycles. The highest BCUT2D eigenvalue weighted by molar-refractivity contribution is 7.89. The van der Waals surface area contributed by atoms with Crippen LogP contribution in [0.3, 0.4) is 0 Å². The molecule has 0 spiro atoms. The number of fused-ring (bicyclic) bond motifs is 1. The number of hydrogen-bond donors (Lipinski definition) is 0. The van der Waals surface area contributed by atoms with E-state index in [1.54, 1.807) is 23.7 Å². The topological polar surface area (TPSA) is 81.6 Å². The fourth-order valence-electron chi connectivity index (χ4n) is 4.54. The van der Waals surface area contributed by atoms with Crippen molar-refractivity contribution in [2.75, 3.05) is 33.4 Å². The molecule has 1 aliphatic carbocycles. The van der Waals surface area contributed by atoms with Crippen LogP contribution in [-0.4, -0.2) is 56.1 Å². The molecule has 2 aliphatic rings. The van der Waals surface area contributed by atoms with Gasteiger partial charge in [-0.1, -0.05) is 6.07 Å². The summed E-state index contributed by atoms with van der Waals surface area (Å²) in [5.41, 5.74) is 4.28. The van der Waals surface area contributed by atoms with E-state index in [1.165, 1.54) is 11.1 Å². The minimum absolute atomic E-state index is 0.0284. The second-order valence-corrected chi connectivity index (χ2v) is 10.3. The van der Waals surface area contributed by atoms with Gasteiger partial charge >= 0.3 is 0 Å². The largest absolute Gasteiger partial charge is 0.382 e. The van der Waals surface area contributed by atoms with Gasteiger partial charge in [-0.25, -0.2) is 18.4 Å². The number of ether oxygens (including phenoxy) is 2. The fraction of sp³-hybridized carbons (Fsp3) is 0.565. The van der Waals surface area contributed by atoms with Crippen molar-refractivity contribution in [3.8, 4) is 0 Å². The van der Waals surface area contributed by atoms with Crippen LogP contribution in [0.5, 0.6) is 0 Å². The summed E-state index contributed by atoms with van der Waals surface area (Å²) in [6.07, 6.45) is 6.63. The average molecular weight is 446 g/mol.